The SMILES string of the molecule is COc1ccc(C)cc1NC(=O)COc1ccc(S(=O)(=O)N2CCCCCC2)cc1. The standard InChI is InChI=1S/C22H28N2O5S/c1-17-7-12-21(28-2)20(15-17)23-22(25)16-29-18-8-10-19(11-9-18)30(26,27)24-13-5-3-4-6-14-24/h7-12,15H,3-6,13-14,16H2,1-2H3,(H,23,25). The van der Waals surface area contributed by atoms with Crippen LogP contribution in [0.15, 0.2) is 47.4 Å². The van der Waals surface area contributed by atoms with Crippen molar-refractivity contribution >= 4 is 21.6 Å². The average molecular weight is 433 g/mol. The predicted octanol–water partition coefficient (Wildman–Crippen LogP) is 3.59. The largest absolute Gasteiger partial charge is 0.495 e. The Morgan fingerprint density at radius 3 is 2.33 bits per heavy atom. The molecule has 0 aliphatic carbocycles. The normalized spacial score (nSPS) is 15.3. The van der Waals surface area contributed by atoms with Gasteiger partial charge in [0.15, 0.2) is 6.61 Å². The molecule has 1 fully saturated rings. The topological polar surface area (TPSA) is 84.9 Å². The molecule has 0 spiro atoms. The molecule has 0 bridgehead atoms. The quantitative estimate of drug-likeness (QED) is 0.723. The molecule has 2 aromatic carbocycles. The molecule has 0 unspecified atom stereocenters. The van der Waals surface area contributed by atoms with Gasteiger partial charge in [-0.15, -0.1) is 0 Å². The Hall–Kier alpha value is -2.58. The first kappa shape index (κ1) is 22.1. The van der Waals surface area contributed by atoms with E-state index in [1.54, 1.807) is 22.5 Å². The third kappa shape index (κ3) is 5.52. The molecule has 7 nitrogen and oxygen atoms in total. The Labute approximate surface area is 178 Å². The summed E-state index contributed by atoms with van der Waals surface area (Å²) in [6.07, 6.45) is 3.91. The van der Waals surface area contributed by atoms with Gasteiger partial charge in [-0.05, 0) is 61.7 Å². The summed E-state index contributed by atoms with van der Waals surface area (Å²) < 4.78 is 38.0. The van der Waals surface area contributed by atoms with E-state index in [1.807, 2.05) is 19.1 Å². The first-order chi connectivity index (χ1) is 14.4. The molecular weight excluding hydrogens is 404 g/mol. The van der Waals surface area contributed by atoms with Crippen molar-refractivity contribution in [3.63, 3.8) is 0 Å². The van der Waals surface area contributed by atoms with Crippen LogP contribution in [0.25, 0.3) is 0 Å². The van der Waals surface area contributed by atoms with Gasteiger partial charge in [0.05, 0.1) is 17.7 Å². The summed E-state index contributed by atoms with van der Waals surface area (Å²) in [5.41, 5.74) is 1.57. The molecule has 2 aromatic rings. The summed E-state index contributed by atoms with van der Waals surface area (Å²) >= 11 is 0. The van der Waals surface area contributed by atoms with E-state index in [-0.39, 0.29) is 17.4 Å². The fourth-order valence-corrected chi connectivity index (χ4v) is 4.91. The molecule has 0 aromatic heterocycles. The number of sulfonamides is 1. The zero-order valence-electron chi connectivity index (χ0n) is 17.4. The fourth-order valence-electron chi connectivity index (χ4n) is 3.39. The number of nitrogens with one attached hydrogen (secondary N) is 1. The molecular formula is C22H28N2O5S. The third-order valence-corrected chi connectivity index (χ3v) is 6.94. The van der Waals surface area contributed by atoms with Crippen molar-refractivity contribution in [1.82, 2.24) is 4.31 Å². The number of hydrogen-bond acceptors (Lipinski definition) is 5. The lowest BCUT2D eigenvalue weighted by atomic mass is 10.2. The fraction of sp³-hybridized carbons (Fsp3) is 0.409. The van der Waals surface area contributed by atoms with Crippen molar-refractivity contribution in [2.75, 3.05) is 32.1 Å². The van der Waals surface area contributed by atoms with Crippen LogP contribution in [0.3, 0.4) is 0 Å². The van der Waals surface area contributed by atoms with Gasteiger partial charge in [-0.3, -0.25) is 4.79 Å². The summed E-state index contributed by atoms with van der Waals surface area (Å²) in [4.78, 5) is 12.5. The maximum atomic E-state index is 12.8. The van der Waals surface area contributed by atoms with Gasteiger partial charge in [-0.2, -0.15) is 4.31 Å². The van der Waals surface area contributed by atoms with Crippen LogP contribution < -0.4 is 14.8 Å². The van der Waals surface area contributed by atoms with Gasteiger partial charge < -0.3 is 14.8 Å². The van der Waals surface area contributed by atoms with Crippen LogP contribution >= 0.6 is 0 Å². The number of anilines is 1. The number of carbonyl (C=O) groups excluding carboxylic acids is 1. The number of benzene rings is 2. The molecule has 1 heterocycles. The van der Waals surface area contributed by atoms with E-state index in [2.05, 4.69) is 5.32 Å². The molecule has 0 saturated carbocycles. The molecule has 1 aliphatic heterocycles. The smallest absolute Gasteiger partial charge is 0.262 e. The van der Waals surface area contributed by atoms with Gasteiger partial charge in [0, 0.05) is 13.1 Å². The molecule has 3 rings (SSSR count). The van der Waals surface area contributed by atoms with E-state index in [4.69, 9.17) is 9.47 Å². The Morgan fingerprint density at radius 1 is 1.03 bits per heavy atom. The number of rotatable bonds is 7. The highest BCUT2D eigenvalue weighted by molar-refractivity contribution is 7.89. The summed E-state index contributed by atoms with van der Waals surface area (Å²) in [5, 5.41) is 2.77. The van der Waals surface area contributed by atoms with E-state index in [1.165, 1.54) is 19.2 Å². The summed E-state index contributed by atoms with van der Waals surface area (Å²) in [7, 11) is -1.96. The third-order valence-electron chi connectivity index (χ3n) is 5.03. The Morgan fingerprint density at radius 2 is 1.70 bits per heavy atom. The monoisotopic (exact) mass is 432 g/mol. The van der Waals surface area contributed by atoms with Crippen LogP contribution in [0.2, 0.25) is 0 Å². The van der Waals surface area contributed by atoms with Crippen molar-refractivity contribution in [1.29, 1.82) is 0 Å². The number of methoxy groups -OCH3 is 1. The van der Waals surface area contributed by atoms with Crippen molar-refractivity contribution in [3.05, 3.63) is 48.0 Å². The van der Waals surface area contributed by atoms with Crippen molar-refractivity contribution in [2.24, 2.45) is 0 Å². The summed E-state index contributed by atoms with van der Waals surface area (Å²) in [5.74, 6) is 0.661. The maximum Gasteiger partial charge on any atom is 0.262 e. The molecule has 1 amide bonds. The maximum absolute atomic E-state index is 12.8. The second kappa shape index (κ2) is 9.95. The second-order valence-electron chi connectivity index (χ2n) is 7.33. The van der Waals surface area contributed by atoms with Crippen LogP contribution in [0.1, 0.15) is 31.2 Å². The molecule has 1 N–H and O–H groups in total. The van der Waals surface area contributed by atoms with Crippen molar-refractivity contribution < 1.29 is 22.7 Å². The van der Waals surface area contributed by atoms with Crippen LogP contribution in [0, 0.1) is 6.92 Å². The minimum absolute atomic E-state index is 0.199. The molecule has 162 valence electrons. The number of ether oxygens (including phenoxy) is 2. The zero-order valence-corrected chi connectivity index (χ0v) is 18.2. The Balaban J connectivity index is 1.59. The minimum atomic E-state index is -3.50. The molecule has 0 radical (unpaired) electrons. The number of carbonyl (C=O) groups is 1. The number of nitrogens with zero attached hydrogens (tertiary/aromatic N) is 1. The zero-order chi connectivity index (χ0) is 21.6. The Kier molecular flexibility index (Phi) is 7.33. The van der Waals surface area contributed by atoms with E-state index in [9.17, 15) is 13.2 Å². The van der Waals surface area contributed by atoms with Crippen molar-refractivity contribution in [3.8, 4) is 11.5 Å². The lowest BCUT2D eigenvalue weighted by Gasteiger charge is -2.20. The molecule has 1 aliphatic rings. The number of aryl methyl sites for hydroxylation is 1. The summed E-state index contributed by atoms with van der Waals surface area (Å²) in [6.45, 7) is 2.84. The number of amides is 1. The molecule has 30 heavy (non-hydrogen) atoms. The van der Waals surface area contributed by atoms with Crippen LogP contribution in [0.5, 0.6) is 11.5 Å². The molecule has 8 heteroatoms. The number of hydrogen-bond donors (Lipinski definition) is 1. The van der Waals surface area contributed by atoms with E-state index < -0.39 is 10.0 Å². The summed E-state index contributed by atoms with van der Waals surface area (Å²) in [6, 6.07) is 11.7. The highest BCUT2D eigenvalue weighted by Gasteiger charge is 2.25. The molecule has 0 atom stereocenters. The van der Waals surface area contributed by atoms with Gasteiger partial charge in [0.2, 0.25) is 10.0 Å². The van der Waals surface area contributed by atoms with Crippen LogP contribution in [-0.2, 0) is 14.8 Å². The highest BCUT2D eigenvalue weighted by Crippen LogP contribution is 2.25. The van der Waals surface area contributed by atoms with Gasteiger partial charge in [-0.1, -0.05) is 18.9 Å². The van der Waals surface area contributed by atoms with E-state index in [0.717, 1.165) is 31.2 Å². The van der Waals surface area contributed by atoms with E-state index >= 15 is 0 Å². The predicted molar refractivity (Wildman–Crippen MR) is 116 cm³/mol. The first-order valence-corrected chi connectivity index (χ1v) is 11.5. The first-order valence-electron chi connectivity index (χ1n) is 10.1. The van der Waals surface area contributed by atoms with Crippen LogP contribution in [-0.4, -0.2) is 45.4 Å². The minimum Gasteiger partial charge on any atom is -0.495 e. The van der Waals surface area contributed by atoms with Gasteiger partial charge in [-0.25, -0.2) is 8.42 Å². The highest BCUT2D eigenvalue weighted by atomic mass is 32.2. The van der Waals surface area contributed by atoms with Crippen molar-refractivity contribution in [2.45, 2.75) is 37.5 Å². The second-order valence-corrected chi connectivity index (χ2v) is 9.27. The van der Waals surface area contributed by atoms with Gasteiger partial charge >= 0.3 is 0 Å². The van der Waals surface area contributed by atoms with Gasteiger partial charge in [0.25, 0.3) is 5.91 Å². The lowest BCUT2D eigenvalue weighted by molar-refractivity contribution is -0.118. The van der Waals surface area contributed by atoms with E-state index in [0.29, 0.717) is 30.3 Å². The Bertz CT molecular complexity index is 966. The van der Waals surface area contributed by atoms with Crippen LogP contribution in [0.4, 0.5) is 5.69 Å². The molecule has 1 saturated heterocycles. The average Bonchev–Trinajstić information content (AvgIpc) is 3.03. The van der Waals surface area contributed by atoms with Gasteiger partial charge in [0.1, 0.15) is 11.5 Å². The lowest BCUT2D eigenvalue weighted by Crippen LogP contribution is -2.31.